The summed E-state index contributed by atoms with van der Waals surface area (Å²) in [6.07, 6.45) is 0.735. The van der Waals surface area contributed by atoms with Crippen LogP contribution in [-0.2, 0) is 6.42 Å². The Morgan fingerprint density at radius 2 is 1.72 bits per heavy atom. The Kier molecular flexibility index (Phi) is 6.78. The van der Waals surface area contributed by atoms with Crippen LogP contribution in [0.25, 0.3) is 16.9 Å². The highest BCUT2D eigenvalue weighted by molar-refractivity contribution is 6.42. The fraction of sp³-hybridized carbons (Fsp3) is 0.120. The molecular formula is C25H21Cl2N3O2. The van der Waals surface area contributed by atoms with E-state index in [9.17, 15) is 4.79 Å². The molecule has 1 N–H and O–H groups in total. The number of hydrogen-bond acceptors (Lipinski definition) is 3. The van der Waals surface area contributed by atoms with E-state index in [1.807, 2.05) is 54.6 Å². The molecule has 0 saturated heterocycles. The van der Waals surface area contributed by atoms with Crippen LogP contribution in [0.4, 0.5) is 0 Å². The van der Waals surface area contributed by atoms with Crippen molar-refractivity contribution in [2.75, 3.05) is 13.7 Å². The molecule has 0 aliphatic carbocycles. The largest absolute Gasteiger partial charge is 0.497 e. The first-order valence-corrected chi connectivity index (χ1v) is 10.8. The molecule has 0 atom stereocenters. The van der Waals surface area contributed by atoms with E-state index in [1.165, 1.54) is 0 Å². The van der Waals surface area contributed by atoms with Gasteiger partial charge in [0.1, 0.15) is 11.4 Å². The van der Waals surface area contributed by atoms with Gasteiger partial charge in [-0.3, -0.25) is 4.79 Å². The molecule has 0 aliphatic rings. The van der Waals surface area contributed by atoms with E-state index in [0.717, 1.165) is 23.3 Å². The van der Waals surface area contributed by atoms with E-state index in [0.29, 0.717) is 33.7 Å². The third-order valence-electron chi connectivity index (χ3n) is 5.02. The molecule has 7 heteroatoms. The van der Waals surface area contributed by atoms with Gasteiger partial charge in [0.25, 0.3) is 5.91 Å². The first-order chi connectivity index (χ1) is 15.5. The normalized spacial score (nSPS) is 10.7. The fourth-order valence-electron chi connectivity index (χ4n) is 3.31. The van der Waals surface area contributed by atoms with Crippen LogP contribution in [0.1, 0.15) is 16.1 Å². The number of ether oxygens (including phenoxy) is 1. The number of carbonyl (C=O) groups is 1. The first kappa shape index (κ1) is 21.9. The molecule has 4 rings (SSSR count). The summed E-state index contributed by atoms with van der Waals surface area (Å²) in [7, 11) is 1.62. The number of carbonyl (C=O) groups excluding carboxylic acids is 1. The molecule has 4 aromatic rings. The zero-order valence-corrected chi connectivity index (χ0v) is 18.9. The lowest BCUT2D eigenvalue weighted by molar-refractivity contribution is 0.0946. The lowest BCUT2D eigenvalue weighted by atomic mass is 10.1. The van der Waals surface area contributed by atoms with Crippen LogP contribution in [0, 0.1) is 0 Å². The van der Waals surface area contributed by atoms with Crippen LogP contribution in [0.3, 0.4) is 0 Å². The summed E-state index contributed by atoms with van der Waals surface area (Å²) in [6, 6.07) is 24.4. The van der Waals surface area contributed by atoms with E-state index in [1.54, 1.807) is 36.1 Å². The fourth-order valence-corrected chi connectivity index (χ4v) is 3.61. The molecule has 1 heterocycles. The summed E-state index contributed by atoms with van der Waals surface area (Å²) in [6.45, 7) is 0.507. The Balaban J connectivity index is 1.64. The Labute approximate surface area is 196 Å². The Hall–Kier alpha value is -3.28. The molecule has 0 unspecified atom stereocenters. The van der Waals surface area contributed by atoms with Gasteiger partial charge in [0.15, 0.2) is 0 Å². The third kappa shape index (κ3) is 4.96. The van der Waals surface area contributed by atoms with Gasteiger partial charge in [0.2, 0.25) is 0 Å². The van der Waals surface area contributed by atoms with Crippen molar-refractivity contribution < 1.29 is 9.53 Å². The van der Waals surface area contributed by atoms with E-state index >= 15 is 0 Å². The zero-order chi connectivity index (χ0) is 22.5. The van der Waals surface area contributed by atoms with Crippen molar-refractivity contribution in [2.24, 2.45) is 0 Å². The van der Waals surface area contributed by atoms with Crippen molar-refractivity contribution in [2.45, 2.75) is 6.42 Å². The Morgan fingerprint density at radius 1 is 0.969 bits per heavy atom. The topological polar surface area (TPSA) is 56.1 Å². The predicted molar refractivity (Wildman–Crippen MR) is 128 cm³/mol. The van der Waals surface area contributed by atoms with Gasteiger partial charge in [-0.05, 0) is 60.5 Å². The van der Waals surface area contributed by atoms with Gasteiger partial charge in [0.05, 0.1) is 28.5 Å². The SMILES string of the molecule is COc1ccc(-c2cc(C(=O)NCCc3ccccc3)n(-c3ccc(Cl)c(Cl)c3)n2)cc1. The van der Waals surface area contributed by atoms with Crippen molar-refractivity contribution in [3.63, 3.8) is 0 Å². The average molecular weight is 466 g/mol. The molecule has 3 aromatic carbocycles. The number of nitrogens with one attached hydrogen (secondary N) is 1. The Bertz CT molecular complexity index is 1220. The third-order valence-corrected chi connectivity index (χ3v) is 5.76. The second-order valence-electron chi connectivity index (χ2n) is 7.15. The highest BCUT2D eigenvalue weighted by atomic mass is 35.5. The van der Waals surface area contributed by atoms with Crippen LogP contribution in [0.2, 0.25) is 10.0 Å². The zero-order valence-electron chi connectivity index (χ0n) is 17.4. The number of amides is 1. The van der Waals surface area contributed by atoms with Gasteiger partial charge >= 0.3 is 0 Å². The van der Waals surface area contributed by atoms with Gasteiger partial charge in [-0.2, -0.15) is 5.10 Å². The molecular weight excluding hydrogens is 445 g/mol. The van der Waals surface area contributed by atoms with Crippen molar-refractivity contribution in [3.05, 3.63) is 100 Å². The second-order valence-corrected chi connectivity index (χ2v) is 7.96. The molecule has 0 bridgehead atoms. The van der Waals surface area contributed by atoms with Gasteiger partial charge in [0, 0.05) is 12.1 Å². The summed E-state index contributed by atoms with van der Waals surface area (Å²) >= 11 is 12.3. The molecule has 0 saturated carbocycles. The molecule has 0 fully saturated rings. The maximum Gasteiger partial charge on any atom is 0.270 e. The minimum absolute atomic E-state index is 0.223. The van der Waals surface area contributed by atoms with Crippen LogP contribution in [-0.4, -0.2) is 29.3 Å². The number of aromatic nitrogens is 2. The molecule has 32 heavy (non-hydrogen) atoms. The summed E-state index contributed by atoms with van der Waals surface area (Å²) in [5, 5.41) is 8.49. The lowest BCUT2D eigenvalue weighted by Crippen LogP contribution is -2.27. The van der Waals surface area contributed by atoms with Crippen LogP contribution < -0.4 is 10.1 Å². The van der Waals surface area contributed by atoms with E-state index in [2.05, 4.69) is 10.4 Å². The quantitative estimate of drug-likeness (QED) is 0.373. The number of halogens is 2. The van der Waals surface area contributed by atoms with E-state index in [-0.39, 0.29) is 5.91 Å². The van der Waals surface area contributed by atoms with Crippen molar-refractivity contribution in [1.29, 1.82) is 0 Å². The number of benzene rings is 3. The van der Waals surface area contributed by atoms with Crippen LogP contribution >= 0.6 is 23.2 Å². The minimum Gasteiger partial charge on any atom is -0.497 e. The number of rotatable bonds is 7. The van der Waals surface area contributed by atoms with Crippen molar-refractivity contribution >= 4 is 29.1 Å². The monoisotopic (exact) mass is 465 g/mol. The molecule has 162 valence electrons. The smallest absolute Gasteiger partial charge is 0.270 e. The van der Waals surface area contributed by atoms with E-state index < -0.39 is 0 Å². The minimum atomic E-state index is -0.223. The maximum atomic E-state index is 13.1. The lowest BCUT2D eigenvalue weighted by Gasteiger charge is -2.09. The summed E-state index contributed by atoms with van der Waals surface area (Å²) in [5.41, 5.74) is 3.73. The number of hydrogen-bond donors (Lipinski definition) is 1. The standard InChI is InChI=1S/C25H21Cl2N3O2/c1-32-20-10-7-18(8-11-20)23-16-24(25(31)28-14-13-17-5-3-2-4-6-17)30(29-23)19-9-12-21(26)22(27)15-19/h2-12,15-16H,13-14H2,1H3,(H,28,31). The van der Waals surface area contributed by atoms with Gasteiger partial charge in [-0.25, -0.2) is 4.68 Å². The molecule has 0 radical (unpaired) electrons. The van der Waals surface area contributed by atoms with Crippen LogP contribution in [0.5, 0.6) is 5.75 Å². The Morgan fingerprint density at radius 3 is 2.41 bits per heavy atom. The van der Waals surface area contributed by atoms with Crippen molar-refractivity contribution in [1.82, 2.24) is 15.1 Å². The van der Waals surface area contributed by atoms with Crippen LogP contribution in [0.15, 0.2) is 78.9 Å². The molecule has 0 spiro atoms. The van der Waals surface area contributed by atoms with Gasteiger partial charge in [-0.15, -0.1) is 0 Å². The average Bonchev–Trinajstić information content (AvgIpc) is 3.27. The van der Waals surface area contributed by atoms with Gasteiger partial charge in [-0.1, -0.05) is 53.5 Å². The van der Waals surface area contributed by atoms with Crippen molar-refractivity contribution in [3.8, 4) is 22.7 Å². The summed E-state index contributed by atoms with van der Waals surface area (Å²) in [5.74, 6) is 0.524. The molecule has 1 aromatic heterocycles. The molecule has 1 amide bonds. The summed E-state index contributed by atoms with van der Waals surface area (Å²) in [4.78, 5) is 13.1. The maximum absolute atomic E-state index is 13.1. The first-order valence-electron chi connectivity index (χ1n) is 10.1. The summed E-state index contributed by atoms with van der Waals surface area (Å²) < 4.78 is 6.81. The van der Waals surface area contributed by atoms with E-state index in [4.69, 9.17) is 27.9 Å². The van der Waals surface area contributed by atoms with Gasteiger partial charge < -0.3 is 10.1 Å². The number of nitrogens with zero attached hydrogens (tertiary/aromatic N) is 2. The highest BCUT2D eigenvalue weighted by Crippen LogP contribution is 2.28. The predicted octanol–water partition coefficient (Wildman–Crippen LogP) is 5.83. The molecule has 5 nitrogen and oxygen atoms in total. The second kappa shape index (κ2) is 9.90. The highest BCUT2D eigenvalue weighted by Gasteiger charge is 2.18. The number of methoxy groups -OCH3 is 1. The molecule has 0 aliphatic heterocycles.